The number of halogens is 1. The van der Waals surface area contributed by atoms with Gasteiger partial charge in [-0.3, -0.25) is 0 Å². The van der Waals surface area contributed by atoms with Crippen molar-refractivity contribution in [3.05, 3.63) is 47.5 Å². The normalized spacial score (nSPS) is 16.1. The molecule has 6 nitrogen and oxygen atoms in total. The Kier molecular flexibility index (Phi) is 7.24. The molecular formula is C21H26ClN2O4S2. The van der Waals surface area contributed by atoms with Crippen molar-refractivity contribution in [1.29, 1.82) is 0 Å². The fourth-order valence-electron chi connectivity index (χ4n) is 3.61. The second-order valence-corrected chi connectivity index (χ2v) is 11.4. The van der Waals surface area contributed by atoms with E-state index < -0.39 is 20.0 Å². The quantitative estimate of drug-likeness (QED) is 0.614. The molecule has 2 aromatic rings. The SMILES string of the molecule is CCN(CC)S(=O)(=O)c1cccc(-c2cc(S(=O)(=O)N3CCCCC3)c[c]c2Cl)c1. The highest BCUT2D eigenvalue weighted by molar-refractivity contribution is 7.89. The Morgan fingerprint density at radius 3 is 2.30 bits per heavy atom. The van der Waals surface area contributed by atoms with Crippen LogP contribution in [0, 0.1) is 6.07 Å². The summed E-state index contributed by atoms with van der Waals surface area (Å²) in [5.41, 5.74) is 0.964. The first kappa shape index (κ1) is 23.2. The first-order chi connectivity index (χ1) is 14.2. The van der Waals surface area contributed by atoms with E-state index in [1.54, 1.807) is 26.0 Å². The Morgan fingerprint density at radius 1 is 1.00 bits per heavy atom. The number of hydrogen-bond donors (Lipinski definition) is 0. The molecule has 30 heavy (non-hydrogen) atoms. The van der Waals surface area contributed by atoms with E-state index in [2.05, 4.69) is 6.07 Å². The second-order valence-electron chi connectivity index (χ2n) is 7.14. The van der Waals surface area contributed by atoms with E-state index in [9.17, 15) is 16.8 Å². The van der Waals surface area contributed by atoms with Crippen LogP contribution in [0.3, 0.4) is 0 Å². The number of sulfonamides is 2. The highest BCUT2D eigenvalue weighted by Gasteiger charge is 2.27. The molecule has 0 N–H and O–H groups in total. The zero-order valence-corrected chi connectivity index (χ0v) is 19.5. The van der Waals surface area contributed by atoms with Crippen molar-refractivity contribution in [2.45, 2.75) is 42.9 Å². The second kappa shape index (κ2) is 9.36. The highest BCUT2D eigenvalue weighted by atomic mass is 35.5. The monoisotopic (exact) mass is 469 g/mol. The summed E-state index contributed by atoms with van der Waals surface area (Å²) in [6.07, 6.45) is 2.71. The van der Waals surface area contributed by atoms with Crippen LogP contribution in [0.15, 0.2) is 46.2 Å². The molecule has 163 valence electrons. The number of nitrogens with zero attached hydrogens (tertiary/aromatic N) is 2. The van der Waals surface area contributed by atoms with E-state index >= 15 is 0 Å². The minimum Gasteiger partial charge on any atom is -0.207 e. The zero-order chi connectivity index (χ0) is 21.9. The van der Waals surface area contributed by atoms with Crippen molar-refractivity contribution in [3.8, 4) is 11.1 Å². The highest BCUT2D eigenvalue weighted by Crippen LogP contribution is 2.33. The average molecular weight is 470 g/mol. The van der Waals surface area contributed by atoms with Crippen molar-refractivity contribution >= 4 is 31.6 Å². The lowest BCUT2D eigenvalue weighted by Crippen LogP contribution is -2.35. The fraction of sp³-hybridized carbons (Fsp3) is 0.429. The van der Waals surface area contributed by atoms with Crippen LogP contribution in [0.2, 0.25) is 5.02 Å². The summed E-state index contributed by atoms with van der Waals surface area (Å²) in [6, 6.07) is 12.1. The molecule has 3 rings (SSSR count). The Balaban J connectivity index is 2.04. The predicted molar refractivity (Wildman–Crippen MR) is 118 cm³/mol. The summed E-state index contributed by atoms with van der Waals surface area (Å²) in [5.74, 6) is 0. The molecular weight excluding hydrogens is 444 g/mol. The predicted octanol–water partition coefficient (Wildman–Crippen LogP) is 4.01. The van der Waals surface area contributed by atoms with Gasteiger partial charge >= 0.3 is 0 Å². The van der Waals surface area contributed by atoms with Crippen LogP contribution < -0.4 is 0 Å². The Morgan fingerprint density at radius 2 is 1.67 bits per heavy atom. The maximum atomic E-state index is 13.0. The summed E-state index contributed by atoms with van der Waals surface area (Å²) < 4.78 is 54.7. The number of benzene rings is 2. The standard InChI is InChI=1S/C21H26ClN2O4S2/c1-3-23(4-2)29(25,26)18-10-8-9-17(15-18)20-16-19(11-12-21(20)22)30(27,28)24-13-6-5-7-14-24/h8-11,15-16H,3-7,13-14H2,1-2H3. The zero-order valence-electron chi connectivity index (χ0n) is 17.1. The topological polar surface area (TPSA) is 74.8 Å². The summed E-state index contributed by atoms with van der Waals surface area (Å²) >= 11 is 6.33. The van der Waals surface area contributed by atoms with Gasteiger partial charge in [0.05, 0.1) is 14.8 Å². The van der Waals surface area contributed by atoms with Crippen LogP contribution in [0.5, 0.6) is 0 Å². The van der Waals surface area contributed by atoms with Crippen molar-refractivity contribution in [1.82, 2.24) is 8.61 Å². The Labute approximate surface area is 184 Å². The van der Waals surface area contributed by atoms with Gasteiger partial charge in [0.15, 0.2) is 0 Å². The van der Waals surface area contributed by atoms with Gasteiger partial charge in [0.2, 0.25) is 20.0 Å². The lowest BCUT2D eigenvalue weighted by atomic mass is 10.1. The number of piperidine rings is 1. The number of hydrogen-bond acceptors (Lipinski definition) is 4. The maximum Gasteiger partial charge on any atom is 0.243 e. The molecule has 0 aliphatic carbocycles. The summed E-state index contributed by atoms with van der Waals surface area (Å²) in [7, 11) is -7.30. The molecule has 0 aromatic heterocycles. The molecule has 0 unspecified atom stereocenters. The van der Waals surface area contributed by atoms with Crippen LogP contribution in [0.25, 0.3) is 11.1 Å². The van der Waals surface area contributed by atoms with E-state index in [4.69, 9.17) is 11.6 Å². The van der Waals surface area contributed by atoms with Crippen molar-refractivity contribution in [3.63, 3.8) is 0 Å². The smallest absolute Gasteiger partial charge is 0.207 e. The third-order valence-electron chi connectivity index (χ3n) is 5.31. The summed E-state index contributed by atoms with van der Waals surface area (Å²) in [5, 5.41) is 0.241. The Hall–Kier alpha value is -1.45. The third-order valence-corrected chi connectivity index (χ3v) is 9.54. The van der Waals surface area contributed by atoms with Crippen molar-refractivity contribution in [2.24, 2.45) is 0 Å². The van der Waals surface area contributed by atoms with Gasteiger partial charge in [-0.05, 0) is 42.7 Å². The van der Waals surface area contributed by atoms with Crippen LogP contribution in [-0.4, -0.2) is 51.6 Å². The van der Waals surface area contributed by atoms with E-state index in [1.165, 1.54) is 32.9 Å². The molecule has 1 fully saturated rings. The molecule has 0 amide bonds. The van der Waals surface area contributed by atoms with Gasteiger partial charge in [-0.25, -0.2) is 16.8 Å². The lowest BCUT2D eigenvalue weighted by molar-refractivity contribution is 0.346. The molecule has 2 aromatic carbocycles. The number of rotatable bonds is 7. The molecule has 0 atom stereocenters. The van der Waals surface area contributed by atoms with Crippen molar-refractivity contribution in [2.75, 3.05) is 26.2 Å². The van der Waals surface area contributed by atoms with Gasteiger partial charge < -0.3 is 0 Å². The molecule has 1 aliphatic rings. The van der Waals surface area contributed by atoms with Gasteiger partial charge in [0.1, 0.15) is 0 Å². The molecule has 9 heteroatoms. The van der Waals surface area contributed by atoms with Crippen LogP contribution >= 0.6 is 11.6 Å². The first-order valence-corrected chi connectivity index (χ1v) is 13.3. The van der Waals surface area contributed by atoms with Gasteiger partial charge in [-0.2, -0.15) is 8.61 Å². The minimum absolute atomic E-state index is 0.112. The van der Waals surface area contributed by atoms with Crippen LogP contribution in [0.1, 0.15) is 33.1 Å². The van der Waals surface area contributed by atoms with Crippen LogP contribution in [0.4, 0.5) is 0 Å². The minimum atomic E-state index is -3.65. The molecule has 0 saturated carbocycles. The molecule has 1 radical (unpaired) electrons. The third kappa shape index (κ3) is 4.57. The average Bonchev–Trinajstić information content (AvgIpc) is 2.75. The van der Waals surface area contributed by atoms with Gasteiger partial charge in [0.25, 0.3) is 0 Å². The molecule has 1 heterocycles. The van der Waals surface area contributed by atoms with Gasteiger partial charge in [-0.15, -0.1) is 0 Å². The Bertz CT molecular complexity index is 1110. The van der Waals surface area contributed by atoms with Crippen LogP contribution in [-0.2, 0) is 20.0 Å². The first-order valence-electron chi connectivity index (χ1n) is 10.0. The molecule has 0 spiro atoms. The van der Waals surface area contributed by atoms with E-state index in [1.807, 2.05) is 0 Å². The van der Waals surface area contributed by atoms with E-state index in [0.717, 1.165) is 19.3 Å². The maximum absolute atomic E-state index is 13.0. The fourth-order valence-corrected chi connectivity index (χ4v) is 6.84. The van der Waals surface area contributed by atoms with E-state index in [0.29, 0.717) is 37.3 Å². The summed E-state index contributed by atoms with van der Waals surface area (Å²) in [6.45, 7) is 5.29. The van der Waals surface area contributed by atoms with Gasteiger partial charge in [0, 0.05) is 37.8 Å². The van der Waals surface area contributed by atoms with Crippen molar-refractivity contribution < 1.29 is 16.8 Å². The molecule has 1 aliphatic heterocycles. The van der Waals surface area contributed by atoms with Gasteiger partial charge in [-0.1, -0.05) is 44.0 Å². The molecule has 1 saturated heterocycles. The summed E-state index contributed by atoms with van der Waals surface area (Å²) in [4.78, 5) is 0.255. The largest absolute Gasteiger partial charge is 0.243 e. The molecule has 0 bridgehead atoms. The lowest BCUT2D eigenvalue weighted by Gasteiger charge is -2.26. The van der Waals surface area contributed by atoms with E-state index in [-0.39, 0.29) is 14.8 Å².